The van der Waals surface area contributed by atoms with Crippen molar-refractivity contribution in [2.24, 2.45) is 0 Å². The van der Waals surface area contributed by atoms with Gasteiger partial charge in [0.2, 0.25) is 0 Å². The third-order valence-corrected chi connectivity index (χ3v) is 6.64. The molecule has 0 fully saturated rings. The third kappa shape index (κ3) is 3.62. The van der Waals surface area contributed by atoms with E-state index in [0.29, 0.717) is 51.0 Å². The highest BCUT2D eigenvalue weighted by Crippen LogP contribution is 2.38. The number of ether oxygens (including phenoxy) is 1. The van der Waals surface area contributed by atoms with Crippen LogP contribution in [0, 0.1) is 0 Å². The van der Waals surface area contributed by atoms with Gasteiger partial charge in [0.15, 0.2) is 23.1 Å². The van der Waals surface area contributed by atoms with Crippen LogP contribution in [0.25, 0.3) is 0 Å². The molecule has 0 saturated heterocycles. The Morgan fingerprint density at radius 1 is 0.636 bits per heavy atom. The van der Waals surface area contributed by atoms with E-state index in [1.54, 1.807) is 62.4 Å². The fourth-order valence-corrected chi connectivity index (χ4v) is 4.77. The SMILES string of the molecule is CCC1=C(CCC2=C(C(C)(C)OC)C(=O)c3ccccc3C2=O)C(=O)c2ccccc2C1=O. The monoisotopic (exact) mass is 442 g/mol. The molecule has 2 aliphatic rings. The van der Waals surface area contributed by atoms with Crippen molar-refractivity contribution in [3.63, 3.8) is 0 Å². The van der Waals surface area contributed by atoms with E-state index in [9.17, 15) is 19.2 Å². The van der Waals surface area contributed by atoms with E-state index in [-0.39, 0.29) is 36.0 Å². The molecule has 0 N–H and O–H groups in total. The number of fused-ring (bicyclic) bond motifs is 2. The molecule has 0 saturated carbocycles. The topological polar surface area (TPSA) is 77.5 Å². The van der Waals surface area contributed by atoms with Crippen LogP contribution in [0.5, 0.6) is 0 Å². The van der Waals surface area contributed by atoms with Crippen LogP contribution in [0.2, 0.25) is 0 Å². The fourth-order valence-electron chi connectivity index (χ4n) is 4.77. The zero-order valence-corrected chi connectivity index (χ0v) is 19.3. The summed E-state index contributed by atoms with van der Waals surface area (Å²) < 4.78 is 5.60. The first kappa shape index (κ1) is 22.7. The first-order chi connectivity index (χ1) is 15.7. The maximum atomic E-state index is 13.5. The molecule has 4 rings (SSSR count). The van der Waals surface area contributed by atoms with E-state index < -0.39 is 5.60 Å². The summed E-state index contributed by atoms with van der Waals surface area (Å²) in [6.45, 7) is 5.35. The van der Waals surface area contributed by atoms with Gasteiger partial charge in [0.1, 0.15) is 0 Å². The largest absolute Gasteiger partial charge is 0.374 e. The molecule has 168 valence electrons. The van der Waals surface area contributed by atoms with Crippen molar-refractivity contribution in [3.8, 4) is 0 Å². The van der Waals surface area contributed by atoms with Crippen molar-refractivity contribution in [3.05, 3.63) is 93.1 Å². The summed E-state index contributed by atoms with van der Waals surface area (Å²) in [7, 11) is 1.50. The summed E-state index contributed by atoms with van der Waals surface area (Å²) in [5.74, 6) is -0.817. The van der Waals surface area contributed by atoms with Crippen LogP contribution < -0.4 is 0 Å². The highest BCUT2D eigenvalue weighted by atomic mass is 16.5. The van der Waals surface area contributed by atoms with Crippen molar-refractivity contribution in [2.75, 3.05) is 7.11 Å². The molecule has 0 radical (unpaired) electrons. The van der Waals surface area contributed by atoms with Crippen LogP contribution in [0.4, 0.5) is 0 Å². The van der Waals surface area contributed by atoms with Crippen LogP contribution in [0.15, 0.2) is 70.8 Å². The van der Waals surface area contributed by atoms with Gasteiger partial charge in [-0.05, 0) is 33.1 Å². The Balaban J connectivity index is 1.79. The number of benzene rings is 2. The summed E-state index contributed by atoms with van der Waals surface area (Å²) in [5, 5.41) is 0. The number of Topliss-reactive ketones (excluding diaryl/α,β-unsaturated/α-hetero) is 4. The lowest BCUT2D eigenvalue weighted by atomic mass is 9.75. The highest BCUT2D eigenvalue weighted by molar-refractivity contribution is 6.28. The molecule has 0 aliphatic heterocycles. The third-order valence-electron chi connectivity index (χ3n) is 6.64. The second kappa shape index (κ2) is 8.49. The normalized spacial score (nSPS) is 16.4. The van der Waals surface area contributed by atoms with E-state index in [0.717, 1.165) is 0 Å². The number of carbonyl (C=O) groups excluding carboxylic acids is 4. The van der Waals surface area contributed by atoms with E-state index >= 15 is 0 Å². The summed E-state index contributed by atoms with van der Waals surface area (Å²) >= 11 is 0. The Bertz CT molecular complexity index is 1270. The molecule has 5 nitrogen and oxygen atoms in total. The molecule has 0 aromatic heterocycles. The number of ketones is 4. The van der Waals surface area contributed by atoms with Crippen molar-refractivity contribution in [1.29, 1.82) is 0 Å². The van der Waals surface area contributed by atoms with E-state index in [1.165, 1.54) is 7.11 Å². The van der Waals surface area contributed by atoms with Gasteiger partial charge in [-0.25, -0.2) is 0 Å². The average Bonchev–Trinajstić information content (AvgIpc) is 2.83. The molecule has 0 bridgehead atoms. The fraction of sp³-hybridized carbons (Fsp3) is 0.286. The summed E-state index contributed by atoms with van der Waals surface area (Å²) in [6, 6.07) is 13.6. The van der Waals surface area contributed by atoms with Crippen LogP contribution in [0.1, 0.15) is 81.5 Å². The Morgan fingerprint density at radius 2 is 1.03 bits per heavy atom. The Morgan fingerprint density at radius 3 is 1.48 bits per heavy atom. The second-order valence-electron chi connectivity index (χ2n) is 8.79. The molecular formula is C28H26O5. The van der Waals surface area contributed by atoms with Crippen molar-refractivity contribution < 1.29 is 23.9 Å². The standard InChI is InChI=1S/C28H26O5/c1-5-16-21(25(30)18-11-7-6-10-17(18)24(16)29)14-15-22-23(28(2,3)33-4)27(32)20-13-9-8-12-19(20)26(22)31/h6-13H,5,14-15H2,1-4H3. The molecule has 2 aromatic carbocycles. The predicted molar refractivity (Wildman–Crippen MR) is 125 cm³/mol. The zero-order valence-electron chi connectivity index (χ0n) is 19.3. The number of rotatable bonds is 6. The van der Waals surface area contributed by atoms with Gasteiger partial charge < -0.3 is 4.74 Å². The minimum atomic E-state index is -0.990. The summed E-state index contributed by atoms with van der Waals surface area (Å²) in [6.07, 6.45) is 0.780. The van der Waals surface area contributed by atoms with Gasteiger partial charge >= 0.3 is 0 Å². The van der Waals surface area contributed by atoms with Crippen LogP contribution in [0.3, 0.4) is 0 Å². The number of methoxy groups -OCH3 is 1. The lowest BCUT2D eigenvalue weighted by molar-refractivity contribution is 0.0479. The minimum absolute atomic E-state index is 0.148. The number of hydrogen-bond donors (Lipinski definition) is 0. The average molecular weight is 443 g/mol. The smallest absolute Gasteiger partial charge is 0.193 e. The maximum absolute atomic E-state index is 13.5. The van der Waals surface area contributed by atoms with Gasteiger partial charge in [0, 0.05) is 51.7 Å². The van der Waals surface area contributed by atoms with Gasteiger partial charge in [0.25, 0.3) is 0 Å². The van der Waals surface area contributed by atoms with E-state index in [1.807, 2.05) is 6.92 Å². The minimum Gasteiger partial charge on any atom is -0.374 e. The maximum Gasteiger partial charge on any atom is 0.193 e. The van der Waals surface area contributed by atoms with Crippen LogP contribution in [-0.2, 0) is 4.74 Å². The molecule has 0 spiro atoms. The summed E-state index contributed by atoms with van der Waals surface area (Å²) in [5.41, 5.74) is 2.07. The first-order valence-corrected chi connectivity index (χ1v) is 11.1. The molecule has 5 heteroatoms. The van der Waals surface area contributed by atoms with Gasteiger partial charge in [-0.2, -0.15) is 0 Å². The Kier molecular flexibility index (Phi) is 5.85. The number of carbonyl (C=O) groups is 4. The molecule has 0 amide bonds. The molecular weight excluding hydrogens is 416 g/mol. The lowest BCUT2D eigenvalue weighted by Gasteiger charge is -2.32. The van der Waals surface area contributed by atoms with E-state index in [2.05, 4.69) is 0 Å². The highest BCUT2D eigenvalue weighted by Gasteiger charge is 2.40. The molecule has 2 aliphatic carbocycles. The zero-order chi connectivity index (χ0) is 23.9. The molecule has 0 unspecified atom stereocenters. The quantitative estimate of drug-likeness (QED) is 0.602. The Labute approximate surface area is 193 Å². The number of allylic oxidation sites excluding steroid dienone is 3. The molecule has 33 heavy (non-hydrogen) atoms. The van der Waals surface area contributed by atoms with Gasteiger partial charge in [-0.3, -0.25) is 19.2 Å². The van der Waals surface area contributed by atoms with Gasteiger partial charge in [0.05, 0.1) is 5.60 Å². The predicted octanol–water partition coefficient (Wildman–Crippen LogP) is 5.35. The number of hydrogen-bond acceptors (Lipinski definition) is 5. The van der Waals surface area contributed by atoms with Crippen LogP contribution >= 0.6 is 0 Å². The van der Waals surface area contributed by atoms with Gasteiger partial charge in [-0.1, -0.05) is 55.5 Å². The molecule has 0 heterocycles. The summed E-state index contributed by atoms with van der Waals surface area (Å²) in [4.78, 5) is 53.2. The second-order valence-corrected chi connectivity index (χ2v) is 8.79. The molecule has 2 aromatic rings. The molecule has 0 atom stereocenters. The Hall–Kier alpha value is -3.44. The van der Waals surface area contributed by atoms with E-state index in [4.69, 9.17) is 4.74 Å². The van der Waals surface area contributed by atoms with Crippen LogP contribution in [-0.4, -0.2) is 35.8 Å². The van der Waals surface area contributed by atoms with Gasteiger partial charge in [-0.15, -0.1) is 0 Å². The van der Waals surface area contributed by atoms with Crippen molar-refractivity contribution in [1.82, 2.24) is 0 Å². The van der Waals surface area contributed by atoms with Crippen molar-refractivity contribution in [2.45, 2.75) is 45.6 Å². The first-order valence-electron chi connectivity index (χ1n) is 11.1. The van der Waals surface area contributed by atoms with Crippen molar-refractivity contribution >= 4 is 23.1 Å². The lowest BCUT2D eigenvalue weighted by Crippen LogP contribution is -2.36.